The van der Waals surface area contributed by atoms with Crippen LogP contribution in [-0.2, 0) is 27.8 Å². The summed E-state index contributed by atoms with van der Waals surface area (Å²) in [4.78, 5) is 11.8. The van der Waals surface area contributed by atoms with E-state index in [9.17, 15) is 13.2 Å². The van der Waals surface area contributed by atoms with Crippen molar-refractivity contribution >= 4 is 15.9 Å². The van der Waals surface area contributed by atoms with E-state index in [2.05, 4.69) is 10.4 Å². The van der Waals surface area contributed by atoms with Crippen LogP contribution in [0.1, 0.15) is 12.1 Å². The Kier molecular flexibility index (Phi) is 3.91. The van der Waals surface area contributed by atoms with Crippen LogP contribution in [0.5, 0.6) is 0 Å². The topological polar surface area (TPSA) is 84.3 Å². The molecular formula is C11H18N4O3S. The van der Waals surface area contributed by atoms with E-state index in [1.807, 2.05) is 10.7 Å². The van der Waals surface area contributed by atoms with Crippen LogP contribution in [0.2, 0.25) is 0 Å². The predicted molar refractivity (Wildman–Crippen MR) is 70.0 cm³/mol. The monoisotopic (exact) mass is 286 g/mol. The molecule has 0 radical (unpaired) electrons. The van der Waals surface area contributed by atoms with Gasteiger partial charge in [0.25, 0.3) is 0 Å². The molecule has 0 fully saturated rings. The Bertz CT molecular complexity index is 566. The van der Waals surface area contributed by atoms with Gasteiger partial charge < -0.3 is 5.32 Å². The molecule has 2 rings (SSSR count). The summed E-state index contributed by atoms with van der Waals surface area (Å²) >= 11 is 0. The van der Waals surface area contributed by atoms with Gasteiger partial charge in [-0.1, -0.05) is 0 Å². The summed E-state index contributed by atoms with van der Waals surface area (Å²) in [6, 6.07) is 1.98. The first kappa shape index (κ1) is 14.0. The highest BCUT2D eigenvalue weighted by Crippen LogP contribution is 2.13. The van der Waals surface area contributed by atoms with Crippen molar-refractivity contribution in [2.45, 2.75) is 25.4 Å². The molecule has 7 nitrogen and oxygen atoms in total. The van der Waals surface area contributed by atoms with Crippen LogP contribution in [0.15, 0.2) is 12.3 Å². The number of rotatable bonds is 4. The largest absolute Gasteiger partial charge is 0.352 e. The number of nitrogens with one attached hydrogen (secondary N) is 1. The summed E-state index contributed by atoms with van der Waals surface area (Å²) in [5, 5.41) is 7.03. The van der Waals surface area contributed by atoms with Gasteiger partial charge in [0.1, 0.15) is 0 Å². The lowest BCUT2D eigenvalue weighted by atomic mass is 10.0. The molecule has 0 bridgehead atoms. The number of sulfonamides is 1. The number of amides is 1. The molecule has 0 saturated heterocycles. The molecule has 1 aromatic heterocycles. The highest BCUT2D eigenvalue weighted by molar-refractivity contribution is 7.88. The summed E-state index contributed by atoms with van der Waals surface area (Å²) < 4.78 is 25.4. The molecular weight excluding hydrogens is 268 g/mol. The fraction of sp³-hybridized carbons (Fsp3) is 0.636. The van der Waals surface area contributed by atoms with E-state index in [0.29, 0.717) is 0 Å². The van der Waals surface area contributed by atoms with Gasteiger partial charge in [0, 0.05) is 37.9 Å². The summed E-state index contributed by atoms with van der Waals surface area (Å²) in [7, 11) is -1.93. The first-order valence-electron chi connectivity index (χ1n) is 6.07. The van der Waals surface area contributed by atoms with Gasteiger partial charge in [-0.3, -0.25) is 9.48 Å². The Morgan fingerprint density at radius 2 is 2.37 bits per heavy atom. The highest BCUT2D eigenvalue weighted by Gasteiger charge is 2.22. The third-order valence-electron chi connectivity index (χ3n) is 3.25. The Morgan fingerprint density at radius 3 is 3.05 bits per heavy atom. The molecule has 8 heteroatoms. The minimum absolute atomic E-state index is 0.0460. The lowest BCUT2D eigenvalue weighted by Gasteiger charge is -2.25. The number of fused-ring (bicyclic) bond motifs is 1. The van der Waals surface area contributed by atoms with Crippen LogP contribution in [0, 0.1) is 0 Å². The normalized spacial score (nSPS) is 19.2. The first-order valence-corrected chi connectivity index (χ1v) is 7.92. The smallest absolute Gasteiger partial charge is 0.235 e. The lowest BCUT2D eigenvalue weighted by molar-refractivity contribution is -0.121. The van der Waals surface area contributed by atoms with E-state index in [1.165, 1.54) is 7.05 Å². The molecule has 1 N–H and O–H groups in total. The van der Waals surface area contributed by atoms with Crippen molar-refractivity contribution in [2.75, 3.05) is 19.8 Å². The Balaban J connectivity index is 1.88. The number of aryl methyl sites for hydroxylation is 1. The minimum Gasteiger partial charge on any atom is -0.352 e. The van der Waals surface area contributed by atoms with Crippen molar-refractivity contribution in [1.82, 2.24) is 19.4 Å². The second-order valence-corrected chi connectivity index (χ2v) is 6.91. The number of nitrogens with zero attached hydrogens (tertiary/aromatic N) is 3. The first-order chi connectivity index (χ1) is 8.86. The SMILES string of the molecule is CN(CC(=O)NC1CCn2nccc2C1)S(C)(=O)=O. The van der Waals surface area contributed by atoms with Crippen molar-refractivity contribution in [3.05, 3.63) is 18.0 Å². The van der Waals surface area contributed by atoms with Crippen molar-refractivity contribution in [3.63, 3.8) is 0 Å². The zero-order valence-electron chi connectivity index (χ0n) is 11.0. The fourth-order valence-electron chi connectivity index (χ4n) is 2.08. The molecule has 106 valence electrons. The van der Waals surface area contributed by atoms with E-state index in [1.54, 1.807) is 6.20 Å². The second kappa shape index (κ2) is 5.30. The van der Waals surface area contributed by atoms with Crippen molar-refractivity contribution in [3.8, 4) is 0 Å². The zero-order valence-corrected chi connectivity index (χ0v) is 11.9. The van der Waals surface area contributed by atoms with Gasteiger partial charge in [-0.25, -0.2) is 8.42 Å². The van der Waals surface area contributed by atoms with Crippen LogP contribution in [0.4, 0.5) is 0 Å². The lowest BCUT2D eigenvalue weighted by Crippen LogP contribution is -2.45. The van der Waals surface area contributed by atoms with E-state index >= 15 is 0 Å². The van der Waals surface area contributed by atoms with E-state index in [4.69, 9.17) is 0 Å². The quantitative estimate of drug-likeness (QED) is 0.786. The number of hydrogen-bond acceptors (Lipinski definition) is 4. The standard InChI is InChI=1S/C11H18N4O3S/c1-14(19(2,17)18)8-11(16)13-9-4-6-15-10(7-9)3-5-12-15/h3,5,9H,4,6-8H2,1-2H3,(H,13,16). The summed E-state index contributed by atoms with van der Waals surface area (Å²) in [6.45, 7) is 0.629. The zero-order chi connectivity index (χ0) is 14.0. The van der Waals surface area contributed by atoms with Crippen LogP contribution in [0.3, 0.4) is 0 Å². The van der Waals surface area contributed by atoms with Crippen molar-refractivity contribution in [1.29, 1.82) is 0 Å². The molecule has 1 aliphatic heterocycles. The molecule has 0 aromatic carbocycles. The van der Waals surface area contributed by atoms with Crippen LogP contribution < -0.4 is 5.32 Å². The number of carbonyl (C=O) groups is 1. The number of hydrogen-bond donors (Lipinski definition) is 1. The second-order valence-electron chi connectivity index (χ2n) is 4.82. The number of aromatic nitrogens is 2. The molecule has 1 amide bonds. The van der Waals surface area contributed by atoms with Gasteiger partial charge in [-0.05, 0) is 12.5 Å². The van der Waals surface area contributed by atoms with E-state index in [0.717, 1.165) is 35.6 Å². The number of likely N-dealkylation sites (N-methyl/N-ethyl adjacent to an activating group) is 1. The molecule has 19 heavy (non-hydrogen) atoms. The fourth-order valence-corrected chi connectivity index (χ4v) is 2.44. The van der Waals surface area contributed by atoms with Crippen molar-refractivity contribution in [2.24, 2.45) is 0 Å². The van der Waals surface area contributed by atoms with Gasteiger partial charge in [0.05, 0.1) is 12.8 Å². The van der Waals surface area contributed by atoms with E-state index in [-0.39, 0.29) is 18.5 Å². The van der Waals surface area contributed by atoms with Crippen LogP contribution >= 0.6 is 0 Å². The molecule has 1 aromatic rings. The maximum Gasteiger partial charge on any atom is 0.235 e. The van der Waals surface area contributed by atoms with Crippen LogP contribution in [-0.4, -0.2) is 54.3 Å². The Hall–Kier alpha value is -1.41. The molecule has 1 aliphatic rings. The molecule has 1 atom stereocenters. The van der Waals surface area contributed by atoms with Gasteiger partial charge in [0.15, 0.2) is 0 Å². The Labute approximate surface area is 112 Å². The molecule has 0 aliphatic carbocycles. The van der Waals surface area contributed by atoms with Crippen molar-refractivity contribution < 1.29 is 13.2 Å². The summed E-state index contributed by atoms with van der Waals surface area (Å²) in [5.74, 6) is -0.272. The molecule has 2 heterocycles. The predicted octanol–water partition coefficient (Wildman–Crippen LogP) is -0.794. The minimum atomic E-state index is -3.32. The maximum atomic E-state index is 11.8. The molecule has 1 unspecified atom stereocenters. The average Bonchev–Trinajstić information content (AvgIpc) is 2.74. The Morgan fingerprint density at radius 1 is 1.63 bits per heavy atom. The third kappa shape index (κ3) is 3.54. The highest BCUT2D eigenvalue weighted by atomic mass is 32.2. The third-order valence-corrected chi connectivity index (χ3v) is 4.51. The van der Waals surface area contributed by atoms with Gasteiger partial charge >= 0.3 is 0 Å². The van der Waals surface area contributed by atoms with Gasteiger partial charge in [-0.15, -0.1) is 0 Å². The average molecular weight is 286 g/mol. The maximum absolute atomic E-state index is 11.8. The van der Waals surface area contributed by atoms with E-state index < -0.39 is 10.0 Å². The van der Waals surface area contributed by atoms with Gasteiger partial charge in [-0.2, -0.15) is 9.40 Å². The van der Waals surface area contributed by atoms with Crippen LogP contribution in [0.25, 0.3) is 0 Å². The number of carbonyl (C=O) groups excluding carboxylic acids is 1. The van der Waals surface area contributed by atoms with Gasteiger partial charge in [0.2, 0.25) is 15.9 Å². The summed E-state index contributed by atoms with van der Waals surface area (Å²) in [6.07, 6.45) is 4.37. The molecule has 0 spiro atoms. The summed E-state index contributed by atoms with van der Waals surface area (Å²) in [5.41, 5.74) is 1.09. The molecule has 0 saturated carbocycles.